The fourth-order valence-corrected chi connectivity index (χ4v) is 1.16. The molecule has 1 aliphatic rings. The molecule has 0 saturated carbocycles. The van der Waals surface area contributed by atoms with Gasteiger partial charge in [-0.25, -0.2) is 0 Å². The fraction of sp³-hybridized carbons (Fsp3) is 0.700. The molecule has 0 aromatic carbocycles. The third kappa shape index (κ3) is 2.18. The average Bonchev–Trinajstić information content (AvgIpc) is 2.05. The molecule has 0 spiro atoms. The van der Waals surface area contributed by atoms with E-state index in [0.717, 1.165) is 13.0 Å². The second-order valence-electron chi connectivity index (χ2n) is 3.53. The van der Waals surface area contributed by atoms with Crippen molar-refractivity contribution >= 4 is 5.71 Å². The Bertz CT molecular complexity index is 177. The molecule has 1 nitrogen and oxygen atoms in total. The second-order valence-corrected chi connectivity index (χ2v) is 3.53. The third-order valence-corrected chi connectivity index (χ3v) is 2.35. The van der Waals surface area contributed by atoms with Crippen LogP contribution in [0.25, 0.3) is 0 Å². The molecule has 0 N–H and O–H groups in total. The van der Waals surface area contributed by atoms with Crippen molar-refractivity contribution < 1.29 is 0 Å². The van der Waals surface area contributed by atoms with Crippen molar-refractivity contribution in [1.29, 1.82) is 0 Å². The summed E-state index contributed by atoms with van der Waals surface area (Å²) in [7, 11) is 0. The van der Waals surface area contributed by atoms with E-state index < -0.39 is 0 Å². The monoisotopic (exact) mass is 151 g/mol. The fourth-order valence-electron chi connectivity index (χ4n) is 1.16. The summed E-state index contributed by atoms with van der Waals surface area (Å²) in [6, 6.07) is 0. The van der Waals surface area contributed by atoms with Crippen LogP contribution >= 0.6 is 0 Å². The largest absolute Gasteiger partial charge is 0.289 e. The zero-order chi connectivity index (χ0) is 8.27. The molecule has 1 aliphatic heterocycles. The van der Waals surface area contributed by atoms with E-state index in [9.17, 15) is 0 Å². The number of allylic oxidation sites excluding steroid dienone is 1. The number of hydrogen-bond donors (Lipinski definition) is 0. The Morgan fingerprint density at radius 2 is 2.09 bits per heavy atom. The molecule has 0 amide bonds. The van der Waals surface area contributed by atoms with Gasteiger partial charge < -0.3 is 0 Å². The first-order valence-electron chi connectivity index (χ1n) is 4.42. The highest BCUT2D eigenvalue weighted by atomic mass is 14.7. The predicted octanol–water partition coefficient (Wildman–Crippen LogP) is 2.68. The molecule has 1 unspecified atom stereocenters. The van der Waals surface area contributed by atoms with E-state index in [1.165, 1.54) is 5.71 Å². The minimum absolute atomic E-state index is 0.617. The van der Waals surface area contributed by atoms with Crippen molar-refractivity contribution in [2.45, 2.75) is 27.2 Å². The molecule has 1 atom stereocenters. The summed E-state index contributed by atoms with van der Waals surface area (Å²) in [4.78, 5) is 4.48. The van der Waals surface area contributed by atoms with Gasteiger partial charge in [-0.05, 0) is 18.4 Å². The van der Waals surface area contributed by atoms with E-state index in [1.54, 1.807) is 0 Å². The minimum Gasteiger partial charge on any atom is -0.289 e. The third-order valence-electron chi connectivity index (χ3n) is 2.35. The molecule has 1 heteroatoms. The van der Waals surface area contributed by atoms with Gasteiger partial charge in [0.05, 0.1) is 0 Å². The highest BCUT2D eigenvalue weighted by Crippen LogP contribution is 2.14. The van der Waals surface area contributed by atoms with Crippen LogP contribution in [0.2, 0.25) is 0 Å². The Kier molecular flexibility index (Phi) is 2.86. The van der Waals surface area contributed by atoms with Gasteiger partial charge in [0.1, 0.15) is 0 Å². The van der Waals surface area contributed by atoms with Gasteiger partial charge in [0.15, 0.2) is 0 Å². The molecule has 0 aromatic heterocycles. The molecule has 1 heterocycles. The van der Waals surface area contributed by atoms with Crippen molar-refractivity contribution in [3.8, 4) is 0 Å². The van der Waals surface area contributed by atoms with Gasteiger partial charge >= 0.3 is 0 Å². The van der Waals surface area contributed by atoms with Crippen LogP contribution in [0.5, 0.6) is 0 Å². The van der Waals surface area contributed by atoms with Gasteiger partial charge in [0.25, 0.3) is 0 Å². The first kappa shape index (κ1) is 8.51. The van der Waals surface area contributed by atoms with E-state index in [0.29, 0.717) is 11.8 Å². The SMILES string of the molecule is CC(C)C(C)C1=NCCC=C1. The number of hydrogen-bond acceptors (Lipinski definition) is 1. The Hall–Kier alpha value is -0.590. The molecule has 0 bridgehead atoms. The molecule has 0 saturated heterocycles. The lowest BCUT2D eigenvalue weighted by molar-refractivity contribution is 0.531. The van der Waals surface area contributed by atoms with Crippen LogP contribution in [-0.2, 0) is 0 Å². The van der Waals surface area contributed by atoms with Gasteiger partial charge in [-0.3, -0.25) is 4.99 Å². The van der Waals surface area contributed by atoms with Crippen molar-refractivity contribution in [2.75, 3.05) is 6.54 Å². The maximum absolute atomic E-state index is 4.48. The molecule has 1 rings (SSSR count). The summed E-state index contributed by atoms with van der Waals surface area (Å²) < 4.78 is 0. The first-order valence-corrected chi connectivity index (χ1v) is 4.42. The van der Waals surface area contributed by atoms with Crippen molar-refractivity contribution in [1.82, 2.24) is 0 Å². The van der Waals surface area contributed by atoms with Crippen LogP contribution in [0.3, 0.4) is 0 Å². The Balaban J connectivity index is 2.59. The Morgan fingerprint density at radius 1 is 1.36 bits per heavy atom. The van der Waals surface area contributed by atoms with Gasteiger partial charge in [0.2, 0.25) is 0 Å². The van der Waals surface area contributed by atoms with Crippen LogP contribution in [0, 0.1) is 11.8 Å². The van der Waals surface area contributed by atoms with Gasteiger partial charge in [-0.15, -0.1) is 0 Å². The zero-order valence-corrected chi connectivity index (χ0v) is 7.67. The minimum atomic E-state index is 0.617. The zero-order valence-electron chi connectivity index (χ0n) is 7.67. The van der Waals surface area contributed by atoms with Crippen LogP contribution in [0.15, 0.2) is 17.1 Å². The van der Waals surface area contributed by atoms with E-state index in [2.05, 4.69) is 37.9 Å². The normalized spacial score (nSPS) is 20.2. The van der Waals surface area contributed by atoms with E-state index >= 15 is 0 Å². The Morgan fingerprint density at radius 3 is 2.55 bits per heavy atom. The predicted molar refractivity (Wildman–Crippen MR) is 50.1 cm³/mol. The molecule has 0 aliphatic carbocycles. The first-order chi connectivity index (χ1) is 5.22. The summed E-state index contributed by atoms with van der Waals surface area (Å²) in [5, 5.41) is 0. The lowest BCUT2D eigenvalue weighted by Gasteiger charge is -2.17. The van der Waals surface area contributed by atoms with E-state index in [-0.39, 0.29) is 0 Å². The summed E-state index contributed by atoms with van der Waals surface area (Å²) in [6.45, 7) is 7.73. The molecule has 11 heavy (non-hydrogen) atoms. The van der Waals surface area contributed by atoms with Crippen LogP contribution in [0.4, 0.5) is 0 Å². The number of dihydropyridines is 1. The summed E-state index contributed by atoms with van der Waals surface area (Å²) in [5.41, 5.74) is 1.28. The standard InChI is InChI=1S/C10H17N/c1-8(2)9(3)10-6-4-5-7-11-10/h4,6,8-9H,5,7H2,1-3H3. The summed E-state index contributed by atoms with van der Waals surface area (Å²) in [6.07, 6.45) is 5.52. The highest BCUT2D eigenvalue weighted by molar-refractivity contribution is 5.97. The van der Waals surface area contributed by atoms with Gasteiger partial charge in [-0.2, -0.15) is 0 Å². The molecule has 0 fully saturated rings. The van der Waals surface area contributed by atoms with Crippen molar-refractivity contribution in [3.05, 3.63) is 12.2 Å². The van der Waals surface area contributed by atoms with E-state index in [1.807, 2.05) is 0 Å². The van der Waals surface area contributed by atoms with Gasteiger partial charge in [0, 0.05) is 18.2 Å². The summed E-state index contributed by atoms with van der Waals surface area (Å²) >= 11 is 0. The second kappa shape index (κ2) is 3.70. The van der Waals surface area contributed by atoms with Crippen molar-refractivity contribution in [3.63, 3.8) is 0 Å². The molecule has 62 valence electrons. The molecule has 0 aromatic rings. The Labute approximate surface area is 69.2 Å². The smallest absolute Gasteiger partial charge is 0.0427 e. The summed E-state index contributed by atoms with van der Waals surface area (Å²) in [5.74, 6) is 1.32. The van der Waals surface area contributed by atoms with Crippen LogP contribution in [0.1, 0.15) is 27.2 Å². The van der Waals surface area contributed by atoms with Gasteiger partial charge in [-0.1, -0.05) is 26.8 Å². The topological polar surface area (TPSA) is 12.4 Å². The van der Waals surface area contributed by atoms with Crippen molar-refractivity contribution in [2.24, 2.45) is 16.8 Å². The number of nitrogens with zero attached hydrogens (tertiary/aromatic N) is 1. The quantitative estimate of drug-likeness (QED) is 0.575. The highest BCUT2D eigenvalue weighted by Gasteiger charge is 2.12. The molecular weight excluding hydrogens is 134 g/mol. The molecule has 0 radical (unpaired) electrons. The van der Waals surface area contributed by atoms with Crippen LogP contribution in [-0.4, -0.2) is 12.3 Å². The lowest BCUT2D eigenvalue weighted by Crippen LogP contribution is -2.16. The van der Waals surface area contributed by atoms with E-state index in [4.69, 9.17) is 0 Å². The van der Waals surface area contributed by atoms with Crippen LogP contribution < -0.4 is 0 Å². The number of rotatable bonds is 2. The maximum Gasteiger partial charge on any atom is 0.0427 e. The molecular formula is C10H17N. The average molecular weight is 151 g/mol. The maximum atomic E-state index is 4.48. The lowest BCUT2D eigenvalue weighted by atomic mass is 9.92. The number of aliphatic imine (C=N–C) groups is 1.